The maximum Gasteiger partial charge on any atom is 0.404 e. The van der Waals surface area contributed by atoms with Crippen LogP contribution in [0.2, 0.25) is 0 Å². The van der Waals surface area contributed by atoms with Crippen LogP contribution in [0.1, 0.15) is 11.1 Å². The van der Waals surface area contributed by atoms with E-state index in [4.69, 9.17) is 9.52 Å². The SMILES string of the molecule is O=C(O)NCc1cccc(-c2cc3c(CO)cccc3o2)c1. The molecule has 2 aromatic carbocycles. The van der Waals surface area contributed by atoms with Gasteiger partial charge < -0.3 is 19.9 Å². The Bertz CT molecular complexity index is 822. The third kappa shape index (κ3) is 2.80. The van der Waals surface area contributed by atoms with E-state index in [1.165, 1.54) is 0 Å². The zero-order valence-electron chi connectivity index (χ0n) is 11.7. The second kappa shape index (κ2) is 5.91. The molecule has 0 atom stereocenters. The van der Waals surface area contributed by atoms with Gasteiger partial charge in [-0.3, -0.25) is 0 Å². The van der Waals surface area contributed by atoms with Crippen LogP contribution in [0, 0.1) is 0 Å². The molecule has 3 rings (SSSR count). The van der Waals surface area contributed by atoms with Crippen molar-refractivity contribution in [3.8, 4) is 11.3 Å². The topological polar surface area (TPSA) is 82.7 Å². The monoisotopic (exact) mass is 297 g/mol. The molecule has 112 valence electrons. The number of amides is 1. The molecule has 0 aliphatic heterocycles. The molecule has 0 aliphatic rings. The molecule has 0 saturated carbocycles. The molecular weight excluding hydrogens is 282 g/mol. The van der Waals surface area contributed by atoms with Gasteiger partial charge in [0.05, 0.1) is 6.61 Å². The molecule has 0 fully saturated rings. The predicted octanol–water partition coefficient (Wildman–Crippen LogP) is 3.36. The molecule has 0 saturated heterocycles. The number of nitrogens with one attached hydrogen (secondary N) is 1. The predicted molar refractivity (Wildman–Crippen MR) is 82.4 cm³/mol. The van der Waals surface area contributed by atoms with Gasteiger partial charge in [-0.25, -0.2) is 4.79 Å². The summed E-state index contributed by atoms with van der Waals surface area (Å²) in [6.45, 7) is 0.199. The number of carbonyl (C=O) groups is 1. The van der Waals surface area contributed by atoms with Crippen LogP contribution in [0.25, 0.3) is 22.3 Å². The van der Waals surface area contributed by atoms with Gasteiger partial charge >= 0.3 is 6.09 Å². The molecule has 0 spiro atoms. The Kier molecular flexibility index (Phi) is 3.80. The van der Waals surface area contributed by atoms with Crippen LogP contribution in [-0.2, 0) is 13.2 Å². The van der Waals surface area contributed by atoms with Gasteiger partial charge in [-0.05, 0) is 29.3 Å². The van der Waals surface area contributed by atoms with Crippen molar-refractivity contribution in [3.63, 3.8) is 0 Å². The van der Waals surface area contributed by atoms with E-state index in [2.05, 4.69) is 5.32 Å². The summed E-state index contributed by atoms with van der Waals surface area (Å²) in [7, 11) is 0. The quantitative estimate of drug-likeness (QED) is 0.689. The van der Waals surface area contributed by atoms with Crippen molar-refractivity contribution in [2.45, 2.75) is 13.2 Å². The van der Waals surface area contributed by atoms with Crippen molar-refractivity contribution in [1.29, 1.82) is 0 Å². The zero-order chi connectivity index (χ0) is 15.5. The summed E-state index contributed by atoms with van der Waals surface area (Å²) in [4.78, 5) is 10.6. The Morgan fingerprint density at radius 3 is 2.73 bits per heavy atom. The Morgan fingerprint density at radius 2 is 1.95 bits per heavy atom. The highest BCUT2D eigenvalue weighted by atomic mass is 16.4. The van der Waals surface area contributed by atoms with Gasteiger partial charge in [0.15, 0.2) is 0 Å². The molecule has 22 heavy (non-hydrogen) atoms. The fourth-order valence-electron chi connectivity index (χ4n) is 2.41. The smallest absolute Gasteiger partial charge is 0.404 e. The third-order valence-corrected chi connectivity index (χ3v) is 3.48. The molecule has 5 nitrogen and oxygen atoms in total. The first-order valence-corrected chi connectivity index (χ1v) is 6.86. The van der Waals surface area contributed by atoms with Gasteiger partial charge in [-0.2, -0.15) is 0 Å². The molecular formula is C17H15NO4. The number of aliphatic hydroxyl groups excluding tert-OH is 1. The van der Waals surface area contributed by atoms with E-state index in [1.807, 2.05) is 48.5 Å². The van der Waals surface area contributed by atoms with E-state index in [-0.39, 0.29) is 13.2 Å². The van der Waals surface area contributed by atoms with Gasteiger partial charge in [-0.1, -0.05) is 30.3 Å². The lowest BCUT2D eigenvalue weighted by Gasteiger charge is -2.03. The molecule has 3 N–H and O–H groups in total. The third-order valence-electron chi connectivity index (χ3n) is 3.48. The summed E-state index contributed by atoms with van der Waals surface area (Å²) in [6.07, 6.45) is -1.05. The van der Waals surface area contributed by atoms with Gasteiger partial charge in [0.2, 0.25) is 0 Å². The second-order valence-electron chi connectivity index (χ2n) is 4.96. The van der Waals surface area contributed by atoms with Crippen LogP contribution in [0.3, 0.4) is 0 Å². The number of carboxylic acid groups (broad SMARTS) is 1. The van der Waals surface area contributed by atoms with Crippen molar-refractivity contribution >= 4 is 17.1 Å². The fourth-order valence-corrected chi connectivity index (χ4v) is 2.41. The highest BCUT2D eigenvalue weighted by Crippen LogP contribution is 2.30. The fraction of sp³-hybridized carbons (Fsp3) is 0.118. The standard InChI is InChI=1S/C17H15NO4/c19-10-13-5-2-6-15-14(13)8-16(22-15)12-4-1-3-11(7-12)9-18-17(20)21/h1-8,18-19H,9-10H2,(H,20,21). The van der Waals surface area contributed by atoms with Gasteiger partial charge in [0.25, 0.3) is 0 Å². The van der Waals surface area contributed by atoms with Crippen LogP contribution in [0.4, 0.5) is 4.79 Å². The molecule has 3 aromatic rings. The van der Waals surface area contributed by atoms with Crippen molar-refractivity contribution in [3.05, 3.63) is 59.7 Å². The second-order valence-corrected chi connectivity index (χ2v) is 4.96. The minimum absolute atomic E-state index is 0.0428. The first-order chi connectivity index (χ1) is 10.7. The Hall–Kier alpha value is -2.79. The minimum Gasteiger partial charge on any atom is -0.465 e. The summed E-state index contributed by atoms with van der Waals surface area (Å²) in [5, 5.41) is 21.3. The number of rotatable bonds is 4. The number of fused-ring (bicyclic) bond motifs is 1. The van der Waals surface area contributed by atoms with E-state index >= 15 is 0 Å². The average molecular weight is 297 g/mol. The zero-order valence-corrected chi connectivity index (χ0v) is 11.7. The van der Waals surface area contributed by atoms with Gasteiger partial charge in [0, 0.05) is 17.5 Å². The number of hydrogen-bond donors (Lipinski definition) is 3. The number of benzene rings is 2. The first kappa shape index (κ1) is 14.2. The molecule has 0 unspecified atom stereocenters. The lowest BCUT2D eigenvalue weighted by atomic mass is 10.1. The summed E-state index contributed by atoms with van der Waals surface area (Å²) >= 11 is 0. The molecule has 5 heteroatoms. The molecule has 1 heterocycles. The highest BCUT2D eigenvalue weighted by Gasteiger charge is 2.09. The van der Waals surface area contributed by atoms with Crippen LogP contribution >= 0.6 is 0 Å². The number of hydrogen-bond acceptors (Lipinski definition) is 3. The molecule has 1 amide bonds. The normalized spacial score (nSPS) is 10.8. The van der Waals surface area contributed by atoms with E-state index in [0.717, 1.165) is 27.7 Å². The summed E-state index contributed by atoms with van der Waals surface area (Å²) in [5.41, 5.74) is 3.25. The van der Waals surface area contributed by atoms with E-state index in [9.17, 15) is 9.90 Å². The summed E-state index contributed by atoms with van der Waals surface area (Å²) < 4.78 is 5.83. The van der Waals surface area contributed by atoms with Crippen molar-refractivity contribution in [2.75, 3.05) is 0 Å². The Morgan fingerprint density at radius 1 is 1.14 bits per heavy atom. The van der Waals surface area contributed by atoms with Crippen LogP contribution in [-0.4, -0.2) is 16.3 Å². The lowest BCUT2D eigenvalue weighted by Crippen LogP contribution is -2.19. The van der Waals surface area contributed by atoms with Crippen molar-refractivity contribution in [1.82, 2.24) is 5.32 Å². The first-order valence-electron chi connectivity index (χ1n) is 6.86. The minimum atomic E-state index is -1.05. The Labute approximate surface area is 126 Å². The molecule has 0 bridgehead atoms. The van der Waals surface area contributed by atoms with Gasteiger partial charge in [-0.15, -0.1) is 0 Å². The molecule has 0 aliphatic carbocycles. The Balaban J connectivity index is 1.97. The molecule has 1 aromatic heterocycles. The van der Waals surface area contributed by atoms with Crippen LogP contribution in [0.15, 0.2) is 52.9 Å². The van der Waals surface area contributed by atoms with Crippen molar-refractivity contribution < 1.29 is 19.4 Å². The number of furan rings is 1. The highest BCUT2D eigenvalue weighted by molar-refractivity contribution is 5.85. The van der Waals surface area contributed by atoms with Gasteiger partial charge in [0.1, 0.15) is 11.3 Å². The average Bonchev–Trinajstić information content (AvgIpc) is 2.97. The van der Waals surface area contributed by atoms with E-state index in [0.29, 0.717) is 5.76 Å². The maximum absolute atomic E-state index is 10.6. The summed E-state index contributed by atoms with van der Waals surface area (Å²) in [5.74, 6) is 0.688. The van der Waals surface area contributed by atoms with Crippen molar-refractivity contribution in [2.24, 2.45) is 0 Å². The van der Waals surface area contributed by atoms with E-state index < -0.39 is 6.09 Å². The maximum atomic E-state index is 10.6. The lowest BCUT2D eigenvalue weighted by molar-refractivity contribution is 0.194. The molecule has 0 radical (unpaired) electrons. The summed E-state index contributed by atoms with van der Waals surface area (Å²) in [6, 6.07) is 14.9. The van der Waals surface area contributed by atoms with E-state index in [1.54, 1.807) is 0 Å². The largest absolute Gasteiger partial charge is 0.465 e. The number of aliphatic hydroxyl groups is 1. The van der Waals surface area contributed by atoms with Crippen LogP contribution < -0.4 is 5.32 Å². The van der Waals surface area contributed by atoms with Crippen LogP contribution in [0.5, 0.6) is 0 Å².